The van der Waals surface area contributed by atoms with E-state index in [1.165, 1.54) is 0 Å². The Bertz CT molecular complexity index is 739. The predicted octanol–water partition coefficient (Wildman–Crippen LogP) is 4.38. The molecular weight excluding hydrogens is 248 g/mol. The minimum atomic E-state index is 0.633. The molecule has 0 saturated carbocycles. The van der Waals surface area contributed by atoms with Crippen molar-refractivity contribution in [3.63, 3.8) is 0 Å². The van der Waals surface area contributed by atoms with E-state index in [1.807, 2.05) is 55.7 Å². The number of benzene rings is 2. The summed E-state index contributed by atoms with van der Waals surface area (Å²) in [6.07, 6.45) is 1.85. The maximum Gasteiger partial charge on any atom is 0.227 e. The molecule has 1 heterocycles. The molecule has 0 unspecified atom stereocenters. The lowest BCUT2D eigenvalue weighted by Gasteiger charge is -2.12. The molecule has 3 aromatic rings. The molecule has 100 valence electrons. The Morgan fingerprint density at radius 1 is 1.00 bits per heavy atom. The zero-order valence-corrected chi connectivity index (χ0v) is 11.6. The lowest BCUT2D eigenvalue weighted by Crippen LogP contribution is -1.95. The number of aromatic nitrogens is 1. The summed E-state index contributed by atoms with van der Waals surface area (Å²) in [5, 5.41) is 5.38. The topological polar surface area (TPSA) is 34.1 Å². The number of para-hydroxylation sites is 1. The largest absolute Gasteiger partial charge is 0.438 e. The second kappa shape index (κ2) is 5.21. The minimum absolute atomic E-state index is 0.633. The van der Waals surface area contributed by atoms with Crippen molar-refractivity contribution in [2.24, 2.45) is 0 Å². The molecule has 0 saturated heterocycles. The highest BCUT2D eigenvalue weighted by molar-refractivity contribution is 5.99. The Labute approximate surface area is 118 Å². The van der Waals surface area contributed by atoms with E-state index in [2.05, 4.69) is 23.3 Å². The minimum Gasteiger partial charge on any atom is -0.438 e. The Balaban J connectivity index is 2.15. The number of nitrogens with one attached hydrogen (secondary N) is 1. The molecule has 20 heavy (non-hydrogen) atoms. The summed E-state index contributed by atoms with van der Waals surface area (Å²) >= 11 is 0. The molecule has 0 aliphatic rings. The normalized spacial score (nSPS) is 10.5. The highest BCUT2D eigenvalue weighted by Gasteiger charge is 2.10. The third kappa shape index (κ3) is 2.18. The molecule has 2 aromatic carbocycles. The molecule has 0 bridgehead atoms. The van der Waals surface area contributed by atoms with Gasteiger partial charge in [-0.15, -0.1) is 0 Å². The van der Waals surface area contributed by atoms with E-state index in [0.717, 1.165) is 27.8 Å². The fourth-order valence-corrected chi connectivity index (χ4v) is 2.33. The summed E-state index contributed by atoms with van der Waals surface area (Å²) in [5.41, 5.74) is 2.21. The van der Waals surface area contributed by atoms with Crippen LogP contribution in [0, 0.1) is 6.92 Å². The summed E-state index contributed by atoms with van der Waals surface area (Å²) in [6, 6.07) is 15.8. The number of hydrogen-bond acceptors (Lipinski definition) is 3. The maximum atomic E-state index is 5.91. The first-order valence-corrected chi connectivity index (χ1v) is 6.58. The van der Waals surface area contributed by atoms with Crippen molar-refractivity contribution in [3.05, 3.63) is 60.3 Å². The lowest BCUT2D eigenvalue weighted by atomic mass is 10.1. The predicted molar refractivity (Wildman–Crippen MR) is 82.5 cm³/mol. The summed E-state index contributed by atoms with van der Waals surface area (Å²) in [7, 11) is 1.92. The van der Waals surface area contributed by atoms with Crippen LogP contribution in [-0.4, -0.2) is 12.0 Å². The van der Waals surface area contributed by atoms with Crippen LogP contribution < -0.4 is 10.1 Å². The molecule has 3 heteroatoms. The number of pyridine rings is 1. The molecule has 1 N–H and O–H groups in total. The molecule has 1 aromatic heterocycles. The summed E-state index contributed by atoms with van der Waals surface area (Å²) in [6.45, 7) is 2.06. The Morgan fingerprint density at radius 3 is 2.55 bits per heavy atom. The zero-order chi connectivity index (χ0) is 13.9. The average molecular weight is 264 g/mol. The molecule has 0 fully saturated rings. The Kier molecular flexibility index (Phi) is 3.25. The number of ether oxygens (including phenoxy) is 1. The monoisotopic (exact) mass is 264 g/mol. The van der Waals surface area contributed by atoms with Gasteiger partial charge in [0, 0.05) is 29.7 Å². The van der Waals surface area contributed by atoms with E-state index >= 15 is 0 Å². The summed E-state index contributed by atoms with van der Waals surface area (Å²) < 4.78 is 5.91. The third-order valence-corrected chi connectivity index (χ3v) is 3.29. The van der Waals surface area contributed by atoms with E-state index < -0.39 is 0 Å². The molecule has 3 rings (SSSR count). The van der Waals surface area contributed by atoms with E-state index in [9.17, 15) is 0 Å². The number of hydrogen-bond donors (Lipinski definition) is 1. The van der Waals surface area contributed by atoms with Crippen molar-refractivity contribution >= 4 is 16.5 Å². The van der Waals surface area contributed by atoms with Gasteiger partial charge in [-0.05, 0) is 36.8 Å². The molecule has 0 radical (unpaired) electrons. The molecule has 0 atom stereocenters. The maximum absolute atomic E-state index is 5.91. The fraction of sp³-hybridized carbons (Fsp3) is 0.118. The molecule has 3 nitrogen and oxygen atoms in total. The first-order chi connectivity index (χ1) is 9.79. The number of rotatable bonds is 3. The highest BCUT2D eigenvalue weighted by Crippen LogP contribution is 2.33. The van der Waals surface area contributed by atoms with E-state index in [1.54, 1.807) is 0 Å². The van der Waals surface area contributed by atoms with Crippen LogP contribution in [0.5, 0.6) is 11.6 Å². The van der Waals surface area contributed by atoms with Gasteiger partial charge in [0.25, 0.3) is 0 Å². The van der Waals surface area contributed by atoms with Crippen LogP contribution in [0.2, 0.25) is 0 Å². The van der Waals surface area contributed by atoms with E-state index in [-0.39, 0.29) is 0 Å². The van der Waals surface area contributed by atoms with Crippen LogP contribution in [-0.2, 0) is 0 Å². The van der Waals surface area contributed by atoms with Crippen molar-refractivity contribution in [2.45, 2.75) is 6.92 Å². The highest BCUT2D eigenvalue weighted by atomic mass is 16.5. The number of nitrogens with zero attached hydrogens (tertiary/aromatic N) is 1. The van der Waals surface area contributed by atoms with Gasteiger partial charge in [-0.1, -0.05) is 24.3 Å². The number of fused-ring (bicyclic) bond motifs is 1. The fourth-order valence-electron chi connectivity index (χ4n) is 2.33. The molecule has 0 aliphatic carbocycles. The lowest BCUT2D eigenvalue weighted by molar-refractivity contribution is 0.469. The Morgan fingerprint density at radius 2 is 1.80 bits per heavy atom. The third-order valence-electron chi connectivity index (χ3n) is 3.29. The quantitative estimate of drug-likeness (QED) is 0.762. The van der Waals surface area contributed by atoms with Gasteiger partial charge < -0.3 is 10.1 Å². The van der Waals surface area contributed by atoms with Crippen molar-refractivity contribution in [2.75, 3.05) is 12.4 Å². The standard InChI is InChI=1S/C17H16N2O/c1-12-11-19-17(20-13-7-4-3-5-8-13)14-9-6-10-15(18-2)16(12)14/h3-11,18H,1-2H3. The van der Waals surface area contributed by atoms with Gasteiger partial charge in [0.2, 0.25) is 5.88 Å². The van der Waals surface area contributed by atoms with Crippen molar-refractivity contribution in [3.8, 4) is 11.6 Å². The van der Waals surface area contributed by atoms with Gasteiger partial charge in [-0.2, -0.15) is 0 Å². The molecule has 0 amide bonds. The number of aryl methyl sites for hydroxylation is 1. The molecule has 0 aliphatic heterocycles. The van der Waals surface area contributed by atoms with Crippen LogP contribution in [0.1, 0.15) is 5.56 Å². The van der Waals surface area contributed by atoms with Crippen molar-refractivity contribution in [1.29, 1.82) is 0 Å². The van der Waals surface area contributed by atoms with Crippen molar-refractivity contribution in [1.82, 2.24) is 4.98 Å². The van der Waals surface area contributed by atoms with Crippen LogP contribution in [0.25, 0.3) is 10.8 Å². The smallest absolute Gasteiger partial charge is 0.227 e. The zero-order valence-electron chi connectivity index (χ0n) is 11.6. The molecule has 0 spiro atoms. The average Bonchev–Trinajstić information content (AvgIpc) is 2.50. The Hall–Kier alpha value is -2.55. The van der Waals surface area contributed by atoms with Gasteiger partial charge in [0.1, 0.15) is 5.75 Å². The van der Waals surface area contributed by atoms with Crippen LogP contribution in [0.4, 0.5) is 5.69 Å². The SMILES string of the molecule is CNc1cccc2c(Oc3ccccc3)ncc(C)c12. The summed E-state index contributed by atoms with van der Waals surface area (Å²) in [4.78, 5) is 4.43. The van der Waals surface area contributed by atoms with Crippen LogP contribution in [0.15, 0.2) is 54.7 Å². The summed E-state index contributed by atoms with van der Waals surface area (Å²) in [5.74, 6) is 1.42. The van der Waals surface area contributed by atoms with E-state index in [4.69, 9.17) is 4.74 Å². The van der Waals surface area contributed by atoms with Gasteiger partial charge >= 0.3 is 0 Å². The number of anilines is 1. The second-order valence-corrected chi connectivity index (χ2v) is 4.64. The van der Waals surface area contributed by atoms with Gasteiger partial charge in [0.05, 0.1) is 0 Å². The van der Waals surface area contributed by atoms with E-state index in [0.29, 0.717) is 5.88 Å². The molecular formula is C17H16N2O. The van der Waals surface area contributed by atoms with Crippen molar-refractivity contribution < 1.29 is 4.74 Å². The van der Waals surface area contributed by atoms with Gasteiger partial charge in [-0.25, -0.2) is 4.98 Å². The first-order valence-electron chi connectivity index (χ1n) is 6.58. The second-order valence-electron chi connectivity index (χ2n) is 4.64. The van der Waals surface area contributed by atoms with Crippen LogP contribution >= 0.6 is 0 Å². The first kappa shape index (κ1) is 12.5. The van der Waals surface area contributed by atoms with Crippen LogP contribution in [0.3, 0.4) is 0 Å². The van der Waals surface area contributed by atoms with Gasteiger partial charge in [-0.3, -0.25) is 0 Å². The van der Waals surface area contributed by atoms with Gasteiger partial charge in [0.15, 0.2) is 0 Å².